The van der Waals surface area contributed by atoms with Gasteiger partial charge < -0.3 is 10.8 Å². The lowest BCUT2D eigenvalue weighted by Crippen LogP contribution is -2.43. The summed E-state index contributed by atoms with van der Waals surface area (Å²) in [7, 11) is 0. The minimum absolute atomic E-state index is 0.112. The predicted octanol–water partition coefficient (Wildman–Crippen LogP) is 3.24. The lowest BCUT2D eigenvalue weighted by Gasteiger charge is -2.38. The Kier molecular flexibility index (Phi) is 5.42. The first-order valence-corrected chi connectivity index (χ1v) is 10.5. The van der Waals surface area contributed by atoms with E-state index in [0.717, 1.165) is 29.6 Å². The fraction of sp³-hybridized carbons (Fsp3) is 0.455. The Bertz CT molecular complexity index is 1080. The molecule has 0 atom stereocenters. The van der Waals surface area contributed by atoms with E-state index >= 15 is 0 Å². The Hall–Kier alpha value is -3.00. The molecular weight excluding hydrogens is 378 g/mol. The van der Waals surface area contributed by atoms with Gasteiger partial charge in [-0.2, -0.15) is 10.2 Å². The summed E-state index contributed by atoms with van der Waals surface area (Å²) < 4.78 is 3.82. The van der Waals surface area contributed by atoms with Gasteiger partial charge in [-0.05, 0) is 38.7 Å². The van der Waals surface area contributed by atoms with Crippen molar-refractivity contribution in [3.8, 4) is 11.3 Å². The molecule has 0 saturated heterocycles. The van der Waals surface area contributed by atoms with E-state index < -0.39 is 5.60 Å². The third-order valence-electron chi connectivity index (χ3n) is 5.83. The van der Waals surface area contributed by atoms with Crippen molar-refractivity contribution in [1.82, 2.24) is 24.4 Å². The number of allylic oxidation sites excluding steroid dienone is 1. The Morgan fingerprint density at radius 3 is 2.77 bits per heavy atom. The van der Waals surface area contributed by atoms with E-state index in [4.69, 9.17) is 10.7 Å². The van der Waals surface area contributed by atoms with Gasteiger partial charge in [-0.15, -0.1) is 0 Å². The van der Waals surface area contributed by atoms with Crippen molar-refractivity contribution in [3.63, 3.8) is 0 Å². The number of hydrogen-bond donors (Lipinski definition) is 2. The zero-order valence-electron chi connectivity index (χ0n) is 17.7. The molecule has 30 heavy (non-hydrogen) atoms. The maximum absolute atomic E-state index is 9.91. The smallest absolute Gasteiger partial charge is 0.0999 e. The Labute approximate surface area is 176 Å². The molecule has 1 saturated carbocycles. The van der Waals surface area contributed by atoms with Crippen LogP contribution in [0.3, 0.4) is 0 Å². The number of aliphatic hydroxyl groups is 1. The van der Waals surface area contributed by atoms with Crippen molar-refractivity contribution >= 4 is 17.3 Å². The number of hydrogen-bond acceptors (Lipinski definition) is 6. The van der Waals surface area contributed by atoms with Gasteiger partial charge in [0.2, 0.25) is 0 Å². The molecule has 3 heterocycles. The number of nitrogens with zero attached hydrogens (tertiary/aromatic N) is 6. The van der Waals surface area contributed by atoms with Gasteiger partial charge in [-0.1, -0.05) is 13.8 Å². The van der Waals surface area contributed by atoms with Gasteiger partial charge in [0.15, 0.2) is 0 Å². The molecule has 4 rings (SSSR count). The lowest BCUT2D eigenvalue weighted by molar-refractivity contribution is -0.0278. The SMILES string of the molecule is CCC(CC)n1cc(-c2nc(C(C=NC3CC(C)(O)C3)=CN)cn3nccc23)cn1. The third-order valence-corrected chi connectivity index (χ3v) is 5.83. The molecule has 0 bridgehead atoms. The fourth-order valence-electron chi connectivity index (χ4n) is 4.04. The van der Waals surface area contributed by atoms with Crippen LogP contribution in [0.25, 0.3) is 22.3 Å². The molecular formula is C22H29N7O. The first-order chi connectivity index (χ1) is 14.4. The van der Waals surface area contributed by atoms with E-state index in [2.05, 4.69) is 29.0 Å². The van der Waals surface area contributed by atoms with E-state index in [9.17, 15) is 5.11 Å². The molecule has 0 amide bonds. The highest BCUT2D eigenvalue weighted by molar-refractivity contribution is 6.09. The Morgan fingerprint density at radius 2 is 2.10 bits per heavy atom. The molecule has 8 heteroatoms. The highest BCUT2D eigenvalue weighted by atomic mass is 16.3. The van der Waals surface area contributed by atoms with Crippen molar-refractivity contribution in [1.29, 1.82) is 0 Å². The number of aromatic nitrogens is 5. The van der Waals surface area contributed by atoms with Crippen molar-refractivity contribution < 1.29 is 5.11 Å². The molecule has 0 aliphatic heterocycles. The van der Waals surface area contributed by atoms with E-state index in [1.54, 1.807) is 16.9 Å². The van der Waals surface area contributed by atoms with Gasteiger partial charge in [0, 0.05) is 29.7 Å². The van der Waals surface area contributed by atoms with Crippen LogP contribution in [-0.2, 0) is 0 Å². The summed E-state index contributed by atoms with van der Waals surface area (Å²) in [6, 6.07) is 2.42. The van der Waals surface area contributed by atoms with Crippen LogP contribution in [0.2, 0.25) is 0 Å². The third kappa shape index (κ3) is 3.87. The molecule has 0 radical (unpaired) electrons. The molecule has 1 fully saturated rings. The van der Waals surface area contributed by atoms with Crippen molar-refractivity contribution in [2.45, 2.75) is 64.1 Å². The molecule has 0 spiro atoms. The average molecular weight is 408 g/mol. The standard InChI is InChI=1S/C22H29N7O/c1-4-18(5-2)28-13-16(12-26-28)21-20-6-7-25-29(20)14-19(27-21)15(10-23)11-24-17-8-22(3,30)9-17/h6-7,10-14,17-18,30H,4-5,8-9,23H2,1-3H3. The van der Waals surface area contributed by atoms with Crippen LogP contribution in [0.15, 0.2) is 42.0 Å². The summed E-state index contributed by atoms with van der Waals surface area (Å²) in [4.78, 5) is 9.46. The molecule has 8 nitrogen and oxygen atoms in total. The lowest BCUT2D eigenvalue weighted by atomic mass is 9.78. The van der Waals surface area contributed by atoms with Gasteiger partial charge in [0.25, 0.3) is 0 Å². The van der Waals surface area contributed by atoms with Gasteiger partial charge in [-0.3, -0.25) is 9.67 Å². The van der Waals surface area contributed by atoms with Crippen LogP contribution in [0, 0.1) is 0 Å². The van der Waals surface area contributed by atoms with Crippen molar-refractivity contribution in [3.05, 3.63) is 42.7 Å². The largest absolute Gasteiger partial charge is 0.404 e. The summed E-state index contributed by atoms with van der Waals surface area (Å²) in [5.41, 5.74) is 9.36. The summed E-state index contributed by atoms with van der Waals surface area (Å²) in [5.74, 6) is 0. The molecule has 3 N–H and O–H groups in total. The second kappa shape index (κ2) is 8.02. The molecule has 3 aromatic rings. The summed E-state index contributed by atoms with van der Waals surface area (Å²) >= 11 is 0. The van der Waals surface area contributed by atoms with E-state index in [1.807, 2.05) is 36.3 Å². The van der Waals surface area contributed by atoms with Crippen molar-refractivity contribution in [2.24, 2.45) is 10.7 Å². The Morgan fingerprint density at radius 1 is 1.33 bits per heavy atom. The zero-order chi connectivity index (χ0) is 21.3. The molecule has 1 aliphatic carbocycles. The summed E-state index contributed by atoms with van der Waals surface area (Å²) in [6.45, 7) is 6.17. The van der Waals surface area contributed by atoms with Crippen LogP contribution in [0.5, 0.6) is 0 Å². The summed E-state index contributed by atoms with van der Waals surface area (Å²) in [5, 5.41) is 18.9. The highest BCUT2D eigenvalue weighted by Gasteiger charge is 2.37. The molecule has 0 aromatic carbocycles. The summed E-state index contributed by atoms with van der Waals surface area (Å²) in [6.07, 6.45) is 14.1. The number of aliphatic imine (C=N–C) groups is 1. The topological polar surface area (TPSA) is 107 Å². The normalized spacial score (nSPS) is 22.3. The second-order valence-corrected chi connectivity index (χ2v) is 8.27. The monoisotopic (exact) mass is 407 g/mol. The second-order valence-electron chi connectivity index (χ2n) is 8.27. The molecule has 0 unspecified atom stereocenters. The fourth-order valence-corrected chi connectivity index (χ4v) is 4.04. The average Bonchev–Trinajstić information content (AvgIpc) is 3.37. The van der Waals surface area contributed by atoms with Crippen LogP contribution in [0.4, 0.5) is 0 Å². The van der Waals surface area contributed by atoms with Gasteiger partial charge >= 0.3 is 0 Å². The van der Waals surface area contributed by atoms with E-state index in [0.29, 0.717) is 30.2 Å². The first-order valence-electron chi connectivity index (χ1n) is 10.5. The number of nitrogens with two attached hydrogens (primary N) is 1. The van der Waals surface area contributed by atoms with Gasteiger partial charge in [0.1, 0.15) is 0 Å². The van der Waals surface area contributed by atoms with Crippen LogP contribution < -0.4 is 5.73 Å². The van der Waals surface area contributed by atoms with Gasteiger partial charge in [0.05, 0.1) is 53.2 Å². The quantitative estimate of drug-likeness (QED) is 0.585. The predicted molar refractivity (Wildman–Crippen MR) is 118 cm³/mol. The molecule has 1 aliphatic rings. The van der Waals surface area contributed by atoms with E-state index in [-0.39, 0.29) is 6.04 Å². The number of rotatable bonds is 7. The maximum Gasteiger partial charge on any atom is 0.0999 e. The van der Waals surface area contributed by atoms with Crippen LogP contribution >= 0.6 is 0 Å². The Balaban J connectivity index is 1.68. The van der Waals surface area contributed by atoms with E-state index in [1.165, 1.54) is 6.20 Å². The first kappa shape index (κ1) is 20.3. The minimum atomic E-state index is -0.608. The van der Waals surface area contributed by atoms with Crippen molar-refractivity contribution in [2.75, 3.05) is 0 Å². The van der Waals surface area contributed by atoms with Crippen LogP contribution in [-0.4, -0.2) is 47.3 Å². The van der Waals surface area contributed by atoms with Crippen LogP contribution in [0.1, 0.15) is 58.2 Å². The zero-order valence-corrected chi connectivity index (χ0v) is 17.7. The number of fused-ring (bicyclic) bond motifs is 1. The molecule has 158 valence electrons. The maximum atomic E-state index is 9.91. The minimum Gasteiger partial charge on any atom is -0.404 e. The molecule has 3 aromatic heterocycles. The highest BCUT2D eigenvalue weighted by Crippen LogP contribution is 2.34. The van der Waals surface area contributed by atoms with Gasteiger partial charge in [-0.25, -0.2) is 9.50 Å².